The lowest BCUT2D eigenvalue weighted by Gasteiger charge is -1.89. The first-order chi connectivity index (χ1) is 2.77. The second-order valence-corrected chi connectivity index (χ2v) is 1.44. The van der Waals surface area contributed by atoms with Gasteiger partial charge in [0.15, 0.2) is 5.63 Å². The molecule has 1 atom stereocenters. The number of hydrogen-bond donors (Lipinski definition) is 1. The first-order valence-corrected chi connectivity index (χ1v) is 2.19. The molecule has 1 unspecified atom stereocenters. The number of halogens is 2. The molecule has 0 aliphatic heterocycles. The molecule has 0 fully saturated rings. The second kappa shape index (κ2) is 3.37. The average Bonchev–Trinajstić information content (AvgIpc) is 1.35. The van der Waals surface area contributed by atoms with Crippen LogP contribution in [0.15, 0.2) is 0 Å². The lowest BCUT2D eigenvalue weighted by atomic mass is 10.5. The SMILES string of the molecule is NCCC(F)Cl. The van der Waals surface area contributed by atoms with E-state index in [1.165, 1.54) is 0 Å². The fourth-order valence-corrected chi connectivity index (χ4v) is 0.252. The predicted molar refractivity (Wildman–Crippen MR) is 24.4 cm³/mol. The van der Waals surface area contributed by atoms with Gasteiger partial charge in [0.05, 0.1) is 0 Å². The Balaban J connectivity index is 2.63. The van der Waals surface area contributed by atoms with Crippen molar-refractivity contribution in [2.24, 2.45) is 5.73 Å². The molecule has 0 rings (SSSR count). The molecule has 0 aromatic rings. The van der Waals surface area contributed by atoms with Crippen LogP contribution in [0.25, 0.3) is 0 Å². The molecule has 6 heavy (non-hydrogen) atoms. The Morgan fingerprint density at radius 2 is 2.33 bits per heavy atom. The molecule has 38 valence electrons. The van der Waals surface area contributed by atoms with Gasteiger partial charge in [-0.3, -0.25) is 0 Å². The average molecular weight is 112 g/mol. The zero-order valence-electron chi connectivity index (χ0n) is 3.32. The van der Waals surface area contributed by atoms with Gasteiger partial charge in [0, 0.05) is 6.42 Å². The fraction of sp³-hybridized carbons (Fsp3) is 1.00. The minimum Gasteiger partial charge on any atom is -0.330 e. The van der Waals surface area contributed by atoms with Gasteiger partial charge in [-0.2, -0.15) is 0 Å². The van der Waals surface area contributed by atoms with Crippen molar-refractivity contribution in [3.8, 4) is 0 Å². The third kappa shape index (κ3) is 4.18. The largest absolute Gasteiger partial charge is 0.330 e. The summed E-state index contributed by atoms with van der Waals surface area (Å²) in [5, 5.41) is 0. The summed E-state index contributed by atoms with van der Waals surface area (Å²) in [7, 11) is 0. The maximum absolute atomic E-state index is 11.4. The van der Waals surface area contributed by atoms with Crippen LogP contribution in [0.2, 0.25) is 0 Å². The highest BCUT2D eigenvalue weighted by molar-refractivity contribution is 6.19. The summed E-state index contributed by atoms with van der Waals surface area (Å²) in [5.41, 5.74) is 3.65. The van der Waals surface area contributed by atoms with Crippen LogP contribution in [-0.4, -0.2) is 12.2 Å². The van der Waals surface area contributed by atoms with E-state index in [-0.39, 0.29) is 6.42 Å². The molecule has 0 spiro atoms. The third-order valence-electron chi connectivity index (χ3n) is 0.385. The molecule has 0 amide bonds. The first kappa shape index (κ1) is 6.18. The molecule has 0 aliphatic carbocycles. The van der Waals surface area contributed by atoms with Crippen molar-refractivity contribution < 1.29 is 4.39 Å². The van der Waals surface area contributed by atoms with E-state index >= 15 is 0 Å². The van der Waals surface area contributed by atoms with Gasteiger partial charge in [0.2, 0.25) is 0 Å². The van der Waals surface area contributed by atoms with Crippen LogP contribution in [0.1, 0.15) is 6.42 Å². The monoisotopic (exact) mass is 111 g/mol. The van der Waals surface area contributed by atoms with Gasteiger partial charge < -0.3 is 5.73 Å². The van der Waals surface area contributed by atoms with E-state index in [2.05, 4.69) is 0 Å². The summed E-state index contributed by atoms with van der Waals surface area (Å²) in [6, 6.07) is 0. The Morgan fingerprint density at radius 1 is 1.83 bits per heavy atom. The molecular formula is C3H7ClFN. The standard InChI is InChI=1S/C3H7ClFN/c4-3(5)1-2-6/h3H,1-2,6H2. The molecular weight excluding hydrogens is 104 g/mol. The minimum absolute atomic E-state index is 0.252. The molecule has 1 nitrogen and oxygen atoms in total. The van der Waals surface area contributed by atoms with E-state index in [0.717, 1.165) is 0 Å². The second-order valence-electron chi connectivity index (χ2n) is 0.968. The Labute approximate surface area is 41.3 Å². The summed E-state index contributed by atoms with van der Waals surface area (Å²) < 4.78 is 11.4. The van der Waals surface area contributed by atoms with Crippen molar-refractivity contribution >= 4 is 11.6 Å². The Bertz CT molecular complexity index is 32.0. The molecule has 0 heterocycles. The summed E-state index contributed by atoms with van der Waals surface area (Å²) in [6.07, 6.45) is 0.252. The number of hydrogen-bond acceptors (Lipinski definition) is 1. The van der Waals surface area contributed by atoms with Crippen LogP contribution < -0.4 is 5.73 Å². The molecule has 0 aromatic carbocycles. The highest BCUT2D eigenvalue weighted by Gasteiger charge is 1.93. The summed E-state index contributed by atoms with van der Waals surface area (Å²) in [5.74, 6) is 0. The molecule has 0 saturated carbocycles. The van der Waals surface area contributed by atoms with E-state index in [1.807, 2.05) is 0 Å². The van der Waals surface area contributed by atoms with Crippen LogP contribution in [0.4, 0.5) is 4.39 Å². The number of alkyl halides is 2. The van der Waals surface area contributed by atoms with Crippen LogP contribution in [0, 0.1) is 0 Å². The van der Waals surface area contributed by atoms with Gasteiger partial charge >= 0.3 is 0 Å². The maximum Gasteiger partial charge on any atom is 0.174 e. The zero-order valence-corrected chi connectivity index (χ0v) is 4.08. The zero-order chi connectivity index (χ0) is 4.99. The van der Waals surface area contributed by atoms with E-state index in [0.29, 0.717) is 6.54 Å². The summed E-state index contributed by atoms with van der Waals surface area (Å²) in [4.78, 5) is 0. The highest BCUT2D eigenvalue weighted by atomic mass is 35.5. The van der Waals surface area contributed by atoms with E-state index < -0.39 is 5.63 Å². The van der Waals surface area contributed by atoms with Gasteiger partial charge in [0.25, 0.3) is 0 Å². The van der Waals surface area contributed by atoms with Gasteiger partial charge in [-0.25, -0.2) is 4.39 Å². The van der Waals surface area contributed by atoms with E-state index in [9.17, 15) is 4.39 Å². The maximum atomic E-state index is 11.4. The summed E-state index contributed by atoms with van der Waals surface area (Å²) in [6.45, 7) is 0.324. The topological polar surface area (TPSA) is 26.0 Å². The third-order valence-corrected chi connectivity index (χ3v) is 0.603. The quantitative estimate of drug-likeness (QED) is 0.526. The van der Waals surface area contributed by atoms with Crippen LogP contribution in [-0.2, 0) is 0 Å². The van der Waals surface area contributed by atoms with E-state index in [4.69, 9.17) is 17.3 Å². The van der Waals surface area contributed by atoms with Crippen molar-refractivity contribution in [1.82, 2.24) is 0 Å². The van der Waals surface area contributed by atoms with Crippen LogP contribution in [0.5, 0.6) is 0 Å². The van der Waals surface area contributed by atoms with Crippen LogP contribution >= 0.6 is 11.6 Å². The molecule has 0 aliphatic rings. The Morgan fingerprint density at radius 3 is 2.33 bits per heavy atom. The molecule has 2 N–H and O–H groups in total. The van der Waals surface area contributed by atoms with Crippen LogP contribution in [0.3, 0.4) is 0 Å². The van der Waals surface area contributed by atoms with Gasteiger partial charge in [0.1, 0.15) is 0 Å². The van der Waals surface area contributed by atoms with Crippen molar-refractivity contribution in [1.29, 1.82) is 0 Å². The van der Waals surface area contributed by atoms with Gasteiger partial charge in [-0.1, -0.05) is 11.6 Å². The van der Waals surface area contributed by atoms with Crippen molar-refractivity contribution in [2.75, 3.05) is 6.54 Å². The molecule has 3 heteroatoms. The van der Waals surface area contributed by atoms with Crippen molar-refractivity contribution in [2.45, 2.75) is 12.1 Å². The number of rotatable bonds is 2. The predicted octanol–water partition coefficient (Wildman–Crippen LogP) is 0.870. The van der Waals surface area contributed by atoms with Gasteiger partial charge in [-0.15, -0.1) is 0 Å². The smallest absolute Gasteiger partial charge is 0.174 e. The van der Waals surface area contributed by atoms with E-state index in [1.54, 1.807) is 0 Å². The summed E-state index contributed by atoms with van der Waals surface area (Å²) >= 11 is 4.83. The van der Waals surface area contributed by atoms with Gasteiger partial charge in [-0.05, 0) is 6.54 Å². The normalized spacial score (nSPS) is 14.5. The lowest BCUT2D eigenvalue weighted by Crippen LogP contribution is -2.02. The number of nitrogens with two attached hydrogens (primary N) is 1. The van der Waals surface area contributed by atoms with Crippen molar-refractivity contribution in [3.05, 3.63) is 0 Å². The molecule has 0 aromatic heterocycles. The highest BCUT2D eigenvalue weighted by Crippen LogP contribution is 1.98. The Kier molecular flexibility index (Phi) is 3.47. The molecule has 0 radical (unpaired) electrons. The lowest BCUT2D eigenvalue weighted by molar-refractivity contribution is 0.425. The molecule has 0 bridgehead atoms. The first-order valence-electron chi connectivity index (χ1n) is 1.75. The minimum atomic E-state index is -1.25. The fourth-order valence-electron chi connectivity index (χ4n) is 0.126. The molecule has 0 saturated heterocycles. The Hall–Kier alpha value is 0.180. The van der Waals surface area contributed by atoms with Crippen molar-refractivity contribution in [3.63, 3.8) is 0 Å².